The third-order valence-corrected chi connectivity index (χ3v) is 4.81. The van der Waals surface area contributed by atoms with Crippen molar-refractivity contribution >= 4 is 11.9 Å². The van der Waals surface area contributed by atoms with E-state index in [1.165, 1.54) is 5.56 Å². The number of esters is 1. The Morgan fingerprint density at radius 3 is 2.35 bits per heavy atom. The molecule has 3 rings (SSSR count). The van der Waals surface area contributed by atoms with E-state index in [1.807, 2.05) is 36.4 Å². The predicted molar refractivity (Wildman–Crippen MR) is 101 cm³/mol. The maximum atomic E-state index is 12.6. The minimum absolute atomic E-state index is 0.0994. The number of benzene rings is 2. The van der Waals surface area contributed by atoms with Crippen LogP contribution in [-0.2, 0) is 22.4 Å². The van der Waals surface area contributed by atoms with Crippen LogP contribution in [0.25, 0.3) is 0 Å². The summed E-state index contributed by atoms with van der Waals surface area (Å²) in [4.78, 5) is 26.7. The second-order valence-corrected chi connectivity index (χ2v) is 6.72. The molecule has 0 aromatic heterocycles. The molecule has 136 valence electrons. The topological polar surface area (TPSA) is 46.6 Å². The zero-order valence-corrected chi connectivity index (χ0v) is 15.2. The number of carbonyl (C=O) groups is 2. The predicted octanol–water partition coefficient (Wildman–Crippen LogP) is 3.64. The van der Waals surface area contributed by atoms with Crippen molar-refractivity contribution < 1.29 is 14.3 Å². The second-order valence-electron chi connectivity index (χ2n) is 6.72. The highest BCUT2D eigenvalue weighted by atomic mass is 16.5. The molecule has 0 spiro atoms. The quantitative estimate of drug-likeness (QED) is 0.747. The Bertz CT molecular complexity index is 751. The summed E-state index contributed by atoms with van der Waals surface area (Å²) in [7, 11) is 0. The molecule has 1 aliphatic heterocycles. The molecule has 4 heteroatoms. The second kappa shape index (κ2) is 8.65. The van der Waals surface area contributed by atoms with Crippen molar-refractivity contribution in [1.82, 2.24) is 4.90 Å². The van der Waals surface area contributed by atoms with Gasteiger partial charge in [-0.15, -0.1) is 0 Å². The number of hydrogen-bond donors (Lipinski definition) is 0. The average molecular weight is 351 g/mol. The van der Waals surface area contributed by atoms with Crippen molar-refractivity contribution in [2.24, 2.45) is 0 Å². The highest BCUT2D eigenvalue weighted by molar-refractivity contribution is 5.93. The Balaban J connectivity index is 1.64. The van der Waals surface area contributed by atoms with Gasteiger partial charge < -0.3 is 9.64 Å². The highest BCUT2D eigenvalue weighted by Gasteiger charge is 2.26. The summed E-state index contributed by atoms with van der Waals surface area (Å²) >= 11 is 0. The minimum atomic E-state index is -0.747. The molecule has 1 aliphatic rings. The first kappa shape index (κ1) is 18.2. The summed E-state index contributed by atoms with van der Waals surface area (Å²) in [6.45, 7) is 3.17. The summed E-state index contributed by atoms with van der Waals surface area (Å²) in [6.07, 6.45) is 2.91. The maximum Gasteiger partial charge on any atom is 0.339 e. The van der Waals surface area contributed by atoms with Gasteiger partial charge in [0.1, 0.15) is 0 Å². The maximum absolute atomic E-state index is 12.6. The first-order valence-electron chi connectivity index (χ1n) is 9.27. The molecule has 0 aliphatic carbocycles. The van der Waals surface area contributed by atoms with Crippen LogP contribution in [0.2, 0.25) is 0 Å². The molecule has 1 saturated heterocycles. The van der Waals surface area contributed by atoms with Crippen LogP contribution in [-0.4, -0.2) is 36.0 Å². The number of aryl methyl sites for hydroxylation is 2. The van der Waals surface area contributed by atoms with Crippen LogP contribution in [0.3, 0.4) is 0 Å². The van der Waals surface area contributed by atoms with Gasteiger partial charge in [0.25, 0.3) is 5.91 Å². The summed E-state index contributed by atoms with van der Waals surface area (Å²) in [5, 5.41) is 0. The summed E-state index contributed by atoms with van der Waals surface area (Å²) < 4.78 is 5.47. The smallest absolute Gasteiger partial charge is 0.339 e. The average Bonchev–Trinajstić information content (AvgIpc) is 3.21. The fraction of sp³-hybridized carbons (Fsp3) is 0.364. The standard InChI is InChI=1S/C22H25NO3/c1-17(21(24)23-15-7-8-16-23)26-22(25)20-12-6-5-11-19(20)14-13-18-9-3-2-4-10-18/h2-6,9-12,17H,7-8,13-16H2,1H3. The van der Waals surface area contributed by atoms with E-state index in [-0.39, 0.29) is 5.91 Å². The third kappa shape index (κ3) is 4.51. The molecule has 2 aromatic rings. The number of likely N-dealkylation sites (tertiary alicyclic amines) is 1. The molecule has 0 bridgehead atoms. The monoisotopic (exact) mass is 351 g/mol. The fourth-order valence-corrected chi connectivity index (χ4v) is 3.33. The van der Waals surface area contributed by atoms with Gasteiger partial charge in [0.2, 0.25) is 0 Å². The van der Waals surface area contributed by atoms with E-state index in [1.54, 1.807) is 17.9 Å². The van der Waals surface area contributed by atoms with Crippen molar-refractivity contribution in [2.45, 2.75) is 38.7 Å². The van der Waals surface area contributed by atoms with Crippen LogP contribution in [0.4, 0.5) is 0 Å². The first-order chi connectivity index (χ1) is 12.6. The lowest BCUT2D eigenvalue weighted by atomic mass is 10.00. The lowest BCUT2D eigenvalue weighted by Gasteiger charge is -2.20. The van der Waals surface area contributed by atoms with Crippen molar-refractivity contribution in [3.63, 3.8) is 0 Å². The summed E-state index contributed by atoms with van der Waals surface area (Å²) in [6, 6.07) is 17.7. The molecule has 0 saturated carbocycles. The molecule has 0 N–H and O–H groups in total. The van der Waals surface area contributed by atoms with Gasteiger partial charge in [-0.1, -0.05) is 48.5 Å². The van der Waals surface area contributed by atoms with Gasteiger partial charge in [0, 0.05) is 13.1 Å². The Hall–Kier alpha value is -2.62. The van der Waals surface area contributed by atoms with Crippen LogP contribution in [0.1, 0.15) is 41.3 Å². The van der Waals surface area contributed by atoms with Gasteiger partial charge in [-0.25, -0.2) is 4.79 Å². The van der Waals surface area contributed by atoms with Crippen LogP contribution in [0, 0.1) is 0 Å². The SMILES string of the molecule is CC(OC(=O)c1ccccc1CCc1ccccc1)C(=O)N1CCCC1. The number of nitrogens with zero attached hydrogens (tertiary/aromatic N) is 1. The molecule has 0 radical (unpaired) electrons. The van der Waals surface area contributed by atoms with Crippen molar-refractivity contribution in [2.75, 3.05) is 13.1 Å². The first-order valence-corrected chi connectivity index (χ1v) is 9.27. The molecule has 1 amide bonds. The zero-order valence-electron chi connectivity index (χ0n) is 15.2. The van der Waals surface area contributed by atoms with E-state index in [4.69, 9.17) is 4.74 Å². The Labute approximate surface area is 154 Å². The van der Waals surface area contributed by atoms with E-state index in [2.05, 4.69) is 12.1 Å². The van der Waals surface area contributed by atoms with Crippen LogP contribution < -0.4 is 0 Å². The van der Waals surface area contributed by atoms with E-state index in [9.17, 15) is 9.59 Å². The number of rotatable bonds is 6. The van der Waals surface area contributed by atoms with Crippen molar-refractivity contribution in [1.29, 1.82) is 0 Å². The van der Waals surface area contributed by atoms with Gasteiger partial charge in [0.05, 0.1) is 5.56 Å². The Kier molecular flexibility index (Phi) is 6.05. The van der Waals surface area contributed by atoms with Gasteiger partial charge in [0.15, 0.2) is 6.10 Å². The summed E-state index contributed by atoms with van der Waals surface area (Å²) in [5.41, 5.74) is 2.72. The van der Waals surface area contributed by atoms with Gasteiger partial charge >= 0.3 is 5.97 Å². The van der Waals surface area contributed by atoms with Gasteiger partial charge in [-0.3, -0.25) is 4.79 Å². The molecule has 1 fully saturated rings. The fourth-order valence-electron chi connectivity index (χ4n) is 3.33. The molecular weight excluding hydrogens is 326 g/mol. The molecule has 1 atom stereocenters. The number of carbonyl (C=O) groups excluding carboxylic acids is 2. The van der Waals surface area contributed by atoms with Gasteiger partial charge in [-0.2, -0.15) is 0 Å². The third-order valence-electron chi connectivity index (χ3n) is 4.81. The Morgan fingerprint density at radius 1 is 0.962 bits per heavy atom. The van der Waals surface area contributed by atoms with Gasteiger partial charge in [-0.05, 0) is 49.8 Å². The molecule has 1 unspecified atom stereocenters. The number of hydrogen-bond acceptors (Lipinski definition) is 3. The van der Waals surface area contributed by atoms with Crippen LogP contribution >= 0.6 is 0 Å². The number of ether oxygens (including phenoxy) is 1. The van der Waals surface area contributed by atoms with Crippen molar-refractivity contribution in [3.05, 3.63) is 71.3 Å². The number of amides is 1. The molecule has 4 nitrogen and oxygen atoms in total. The van der Waals surface area contributed by atoms with Crippen LogP contribution in [0.15, 0.2) is 54.6 Å². The van der Waals surface area contributed by atoms with E-state index in [0.717, 1.165) is 44.3 Å². The van der Waals surface area contributed by atoms with E-state index < -0.39 is 12.1 Å². The lowest BCUT2D eigenvalue weighted by molar-refractivity contribution is -0.138. The largest absolute Gasteiger partial charge is 0.449 e. The highest BCUT2D eigenvalue weighted by Crippen LogP contribution is 2.16. The van der Waals surface area contributed by atoms with Crippen molar-refractivity contribution in [3.8, 4) is 0 Å². The lowest BCUT2D eigenvalue weighted by Crippen LogP contribution is -2.38. The molecule has 1 heterocycles. The van der Waals surface area contributed by atoms with E-state index >= 15 is 0 Å². The Morgan fingerprint density at radius 2 is 1.62 bits per heavy atom. The van der Waals surface area contributed by atoms with Crippen LogP contribution in [0.5, 0.6) is 0 Å². The zero-order chi connectivity index (χ0) is 18.4. The molecule has 2 aromatic carbocycles. The summed E-state index contributed by atoms with van der Waals surface area (Å²) in [5.74, 6) is -0.522. The normalized spacial score (nSPS) is 14.9. The molecular formula is C22H25NO3. The van der Waals surface area contributed by atoms with E-state index in [0.29, 0.717) is 5.56 Å². The molecule has 26 heavy (non-hydrogen) atoms. The minimum Gasteiger partial charge on any atom is -0.449 e.